The van der Waals surface area contributed by atoms with Crippen molar-refractivity contribution in [2.24, 2.45) is 0 Å². The highest BCUT2D eigenvalue weighted by Gasteiger charge is 2.21. The van der Waals surface area contributed by atoms with Crippen molar-refractivity contribution in [1.29, 1.82) is 0 Å². The zero-order valence-corrected chi connectivity index (χ0v) is 14.3. The van der Waals surface area contributed by atoms with Crippen molar-refractivity contribution in [1.82, 2.24) is 20.2 Å². The molecule has 0 spiro atoms. The van der Waals surface area contributed by atoms with E-state index in [-0.39, 0.29) is 29.8 Å². The van der Waals surface area contributed by atoms with E-state index in [1.54, 1.807) is 12.1 Å². The second kappa shape index (κ2) is 8.09. The summed E-state index contributed by atoms with van der Waals surface area (Å²) in [6.07, 6.45) is 2.83. The molecule has 138 valence electrons. The number of carbonyl (C=O) groups is 1. The molecule has 1 aromatic carbocycles. The molecule has 26 heavy (non-hydrogen) atoms. The zero-order valence-electron chi connectivity index (χ0n) is 14.3. The summed E-state index contributed by atoms with van der Waals surface area (Å²) in [5.41, 5.74) is 0.160. The van der Waals surface area contributed by atoms with Gasteiger partial charge in [0.05, 0.1) is 6.42 Å². The van der Waals surface area contributed by atoms with Gasteiger partial charge in [-0.25, -0.2) is 9.18 Å². The summed E-state index contributed by atoms with van der Waals surface area (Å²) < 4.78 is 12.9. The molecule has 2 heterocycles. The van der Waals surface area contributed by atoms with E-state index in [9.17, 15) is 18.8 Å². The summed E-state index contributed by atoms with van der Waals surface area (Å²) >= 11 is 0. The molecule has 1 aromatic heterocycles. The Balaban J connectivity index is 1.46. The van der Waals surface area contributed by atoms with Crippen LogP contribution in [-0.4, -0.2) is 39.9 Å². The number of H-pyrrole nitrogens is 2. The molecule has 0 aliphatic carbocycles. The maximum atomic E-state index is 12.9. The number of nitrogens with zero attached hydrogens (tertiary/aromatic N) is 1. The molecule has 0 saturated carbocycles. The summed E-state index contributed by atoms with van der Waals surface area (Å²) in [6.45, 7) is 2.43. The summed E-state index contributed by atoms with van der Waals surface area (Å²) in [5.74, 6) is -0.476. The van der Waals surface area contributed by atoms with E-state index in [0.29, 0.717) is 0 Å². The number of rotatable bonds is 5. The Morgan fingerprint density at radius 3 is 2.54 bits per heavy atom. The van der Waals surface area contributed by atoms with Crippen LogP contribution < -0.4 is 16.6 Å². The molecule has 0 radical (unpaired) electrons. The van der Waals surface area contributed by atoms with Crippen LogP contribution in [0.5, 0.6) is 0 Å². The first-order chi connectivity index (χ1) is 12.5. The monoisotopic (exact) mass is 360 g/mol. The van der Waals surface area contributed by atoms with Crippen LogP contribution in [0, 0.1) is 5.82 Å². The molecule has 2 aromatic rings. The smallest absolute Gasteiger partial charge is 0.325 e. The number of aromatic amines is 2. The van der Waals surface area contributed by atoms with Gasteiger partial charge in [0, 0.05) is 37.4 Å². The number of amides is 1. The molecule has 0 atom stereocenters. The van der Waals surface area contributed by atoms with Gasteiger partial charge in [0.15, 0.2) is 0 Å². The lowest BCUT2D eigenvalue weighted by molar-refractivity contribution is -0.121. The summed E-state index contributed by atoms with van der Waals surface area (Å²) in [4.78, 5) is 41.5. The first kappa shape index (κ1) is 18.1. The van der Waals surface area contributed by atoms with Gasteiger partial charge in [0.2, 0.25) is 5.91 Å². The number of piperidine rings is 1. The van der Waals surface area contributed by atoms with E-state index < -0.39 is 11.2 Å². The van der Waals surface area contributed by atoms with Crippen LogP contribution >= 0.6 is 0 Å². The van der Waals surface area contributed by atoms with Gasteiger partial charge in [-0.2, -0.15) is 0 Å². The topological polar surface area (TPSA) is 98.1 Å². The van der Waals surface area contributed by atoms with Crippen LogP contribution in [-0.2, 0) is 17.8 Å². The number of carbonyl (C=O) groups excluding carboxylic acids is 1. The minimum atomic E-state index is -0.590. The molecule has 8 heteroatoms. The Bertz CT molecular complexity index is 867. The zero-order chi connectivity index (χ0) is 18.5. The van der Waals surface area contributed by atoms with Crippen molar-refractivity contribution >= 4 is 5.91 Å². The van der Waals surface area contributed by atoms with Crippen molar-refractivity contribution in [2.45, 2.75) is 31.8 Å². The van der Waals surface area contributed by atoms with E-state index in [0.717, 1.165) is 38.0 Å². The number of likely N-dealkylation sites (tertiary alicyclic amines) is 1. The van der Waals surface area contributed by atoms with Crippen LogP contribution in [0.4, 0.5) is 4.39 Å². The molecule has 7 nitrogen and oxygen atoms in total. The van der Waals surface area contributed by atoms with E-state index in [2.05, 4.69) is 20.2 Å². The maximum absolute atomic E-state index is 12.9. The van der Waals surface area contributed by atoms with Crippen LogP contribution in [0.15, 0.2) is 40.1 Å². The molecular formula is C18H21FN4O3. The number of nitrogens with one attached hydrogen (secondary N) is 3. The lowest BCUT2D eigenvalue weighted by Gasteiger charge is -2.32. The van der Waals surface area contributed by atoms with Crippen LogP contribution in [0.3, 0.4) is 0 Å². The largest absolute Gasteiger partial charge is 0.353 e. The van der Waals surface area contributed by atoms with Crippen molar-refractivity contribution in [3.8, 4) is 0 Å². The minimum absolute atomic E-state index is 0.0637. The van der Waals surface area contributed by atoms with Gasteiger partial charge >= 0.3 is 5.69 Å². The van der Waals surface area contributed by atoms with Gasteiger partial charge in [-0.15, -0.1) is 0 Å². The quantitative estimate of drug-likeness (QED) is 0.724. The highest BCUT2D eigenvalue weighted by Crippen LogP contribution is 2.14. The van der Waals surface area contributed by atoms with Crippen molar-refractivity contribution in [3.63, 3.8) is 0 Å². The predicted octanol–water partition coefficient (Wildman–Crippen LogP) is 0.526. The van der Waals surface area contributed by atoms with Crippen LogP contribution in [0.1, 0.15) is 24.0 Å². The van der Waals surface area contributed by atoms with Crippen molar-refractivity contribution in [2.75, 3.05) is 13.1 Å². The minimum Gasteiger partial charge on any atom is -0.353 e. The van der Waals surface area contributed by atoms with Crippen molar-refractivity contribution < 1.29 is 9.18 Å². The molecule has 0 unspecified atom stereocenters. The molecular weight excluding hydrogens is 339 g/mol. The fourth-order valence-electron chi connectivity index (χ4n) is 3.10. The van der Waals surface area contributed by atoms with E-state index in [1.165, 1.54) is 18.3 Å². The Morgan fingerprint density at radius 2 is 1.88 bits per heavy atom. The number of hydrogen-bond acceptors (Lipinski definition) is 4. The SMILES string of the molecule is O=C(Cc1c[nH]c(=O)[nH]c1=O)NC1CCN(Cc2ccc(F)cc2)CC1. The van der Waals surface area contributed by atoms with Gasteiger partial charge in [-0.1, -0.05) is 12.1 Å². The summed E-state index contributed by atoms with van der Waals surface area (Å²) in [7, 11) is 0. The number of hydrogen-bond donors (Lipinski definition) is 3. The molecule has 3 rings (SSSR count). The third-order valence-corrected chi connectivity index (χ3v) is 4.52. The van der Waals surface area contributed by atoms with Gasteiger partial charge in [-0.05, 0) is 30.5 Å². The third kappa shape index (κ3) is 4.89. The number of halogens is 1. The standard InChI is InChI=1S/C18H21FN4O3/c19-14-3-1-12(2-4-14)11-23-7-5-15(6-8-23)21-16(24)9-13-10-20-18(26)22-17(13)25/h1-4,10,15H,5-9,11H2,(H,21,24)(H2,20,22,25,26). The molecule has 0 bridgehead atoms. The Morgan fingerprint density at radius 1 is 1.19 bits per heavy atom. The number of aromatic nitrogens is 2. The molecule has 1 amide bonds. The summed E-state index contributed by atoms with van der Waals surface area (Å²) in [5, 5.41) is 2.94. The number of benzene rings is 1. The molecule has 1 saturated heterocycles. The Hall–Kier alpha value is -2.74. The second-order valence-electron chi connectivity index (χ2n) is 6.52. The van der Waals surface area contributed by atoms with Gasteiger partial charge < -0.3 is 10.3 Å². The molecule has 1 fully saturated rings. The van der Waals surface area contributed by atoms with Crippen LogP contribution in [0.25, 0.3) is 0 Å². The highest BCUT2D eigenvalue weighted by molar-refractivity contribution is 5.78. The second-order valence-corrected chi connectivity index (χ2v) is 6.52. The Labute approximate surface area is 149 Å². The molecule has 1 aliphatic heterocycles. The lowest BCUT2D eigenvalue weighted by Crippen LogP contribution is -2.45. The third-order valence-electron chi connectivity index (χ3n) is 4.52. The fourth-order valence-corrected chi connectivity index (χ4v) is 3.10. The fraction of sp³-hybridized carbons (Fsp3) is 0.389. The van der Waals surface area contributed by atoms with Gasteiger partial charge in [0.25, 0.3) is 5.56 Å². The Kier molecular flexibility index (Phi) is 5.62. The average molecular weight is 360 g/mol. The maximum Gasteiger partial charge on any atom is 0.325 e. The lowest BCUT2D eigenvalue weighted by atomic mass is 10.0. The molecule has 1 aliphatic rings. The highest BCUT2D eigenvalue weighted by atomic mass is 19.1. The first-order valence-electron chi connectivity index (χ1n) is 8.56. The van der Waals surface area contributed by atoms with E-state index in [1.807, 2.05) is 0 Å². The summed E-state index contributed by atoms with van der Waals surface area (Å²) in [6, 6.07) is 6.55. The van der Waals surface area contributed by atoms with Crippen LogP contribution in [0.2, 0.25) is 0 Å². The first-order valence-corrected chi connectivity index (χ1v) is 8.56. The van der Waals surface area contributed by atoms with Crippen molar-refractivity contribution in [3.05, 3.63) is 68.2 Å². The molecule has 3 N–H and O–H groups in total. The average Bonchev–Trinajstić information content (AvgIpc) is 2.61. The van der Waals surface area contributed by atoms with E-state index >= 15 is 0 Å². The normalized spacial score (nSPS) is 15.7. The van der Waals surface area contributed by atoms with Gasteiger partial charge in [0.1, 0.15) is 5.82 Å². The predicted molar refractivity (Wildman–Crippen MR) is 94.2 cm³/mol. The van der Waals surface area contributed by atoms with E-state index in [4.69, 9.17) is 0 Å². The van der Waals surface area contributed by atoms with Gasteiger partial charge in [-0.3, -0.25) is 19.5 Å².